The third-order valence-electron chi connectivity index (χ3n) is 2.38. The Morgan fingerprint density at radius 1 is 1.29 bits per heavy atom. The molecule has 0 aliphatic heterocycles. The first kappa shape index (κ1) is 14.3. The number of rotatable bonds is 4. The molecular formula is C12H6F2N2O5. The molecule has 0 spiro atoms. The van der Waals surface area contributed by atoms with E-state index in [-0.39, 0.29) is 5.75 Å². The van der Waals surface area contributed by atoms with Crippen molar-refractivity contribution in [2.24, 2.45) is 0 Å². The SMILES string of the molecule is O=C(O)c1cc([N+](=O)[O-])cnc1Oc1ccc(F)c(F)c1. The average molecular weight is 296 g/mol. The van der Waals surface area contributed by atoms with Crippen LogP contribution < -0.4 is 4.74 Å². The first-order chi connectivity index (χ1) is 9.88. The fraction of sp³-hybridized carbons (Fsp3) is 0. The van der Waals surface area contributed by atoms with Crippen LogP contribution in [0.1, 0.15) is 10.4 Å². The number of pyridine rings is 1. The number of hydrogen-bond donors (Lipinski definition) is 1. The monoisotopic (exact) mass is 296 g/mol. The Balaban J connectivity index is 2.41. The van der Waals surface area contributed by atoms with Crippen molar-refractivity contribution >= 4 is 11.7 Å². The zero-order chi connectivity index (χ0) is 15.6. The molecule has 0 radical (unpaired) electrons. The van der Waals surface area contributed by atoms with E-state index < -0.39 is 39.7 Å². The fourth-order valence-electron chi connectivity index (χ4n) is 1.43. The number of carbonyl (C=O) groups is 1. The van der Waals surface area contributed by atoms with Crippen molar-refractivity contribution in [1.82, 2.24) is 4.98 Å². The second-order valence-corrected chi connectivity index (χ2v) is 3.79. The van der Waals surface area contributed by atoms with Crippen molar-refractivity contribution in [3.63, 3.8) is 0 Å². The first-order valence-electron chi connectivity index (χ1n) is 5.39. The number of nitrogens with zero attached hydrogens (tertiary/aromatic N) is 2. The molecule has 0 saturated heterocycles. The molecule has 1 N–H and O–H groups in total. The van der Waals surface area contributed by atoms with E-state index in [2.05, 4.69) is 4.98 Å². The molecule has 0 bridgehead atoms. The molecule has 0 unspecified atom stereocenters. The molecule has 0 aliphatic rings. The van der Waals surface area contributed by atoms with Crippen LogP contribution in [-0.2, 0) is 0 Å². The number of carboxylic acids is 1. The summed E-state index contributed by atoms with van der Waals surface area (Å²) in [6, 6.07) is 3.30. The number of hydrogen-bond acceptors (Lipinski definition) is 5. The maximum absolute atomic E-state index is 13.0. The second-order valence-electron chi connectivity index (χ2n) is 3.79. The molecule has 1 heterocycles. The van der Waals surface area contributed by atoms with Crippen LogP contribution in [0.15, 0.2) is 30.5 Å². The average Bonchev–Trinajstić information content (AvgIpc) is 2.43. The van der Waals surface area contributed by atoms with Crippen molar-refractivity contribution < 1.29 is 28.3 Å². The van der Waals surface area contributed by atoms with Gasteiger partial charge >= 0.3 is 5.97 Å². The van der Waals surface area contributed by atoms with Gasteiger partial charge in [0, 0.05) is 12.1 Å². The van der Waals surface area contributed by atoms with E-state index in [0.717, 1.165) is 24.4 Å². The number of ether oxygens (including phenoxy) is 1. The largest absolute Gasteiger partial charge is 0.477 e. The van der Waals surface area contributed by atoms with Crippen LogP contribution >= 0.6 is 0 Å². The molecule has 2 rings (SSSR count). The van der Waals surface area contributed by atoms with Gasteiger partial charge in [-0.25, -0.2) is 18.6 Å². The molecule has 2 aromatic rings. The van der Waals surface area contributed by atoms with Gasteiger partial charge in [-0.05, 0) is 12.1 Å². The van der Waals surface area contributed by atoms with Gasteiger partial charge in [0.05, 0.1) is 4.92 Å². The molecule has 9 heteroatoms. The van der Waals surface area contributed by atoms with Crippen LogP contribution in [0.5, 0.6) is 11.6 Å². The second kappa shape index (κ2) is 5.49. The highest BCUT2D eigenvalue weighted by Gasteiger charge is 2.19. The Hall–Kier alpha value is -3.10. The maximum atomic E-state index is 13.0. The quantitative estimate of drug-likeness (QED) is 0.687. The molecule has 1 aromatic heterocycles. The Morgan fingerprint density at radius 3 is 2.57 bits per heavy atom. The van der Waals surface area contributed by atoms with Gasteiger partial charge in [0.25, 0.3) is 5.69 Å². The topological polar surface area (TPSA) is 103 Å². The minimum Gasteiger partial charge on any atom is -0.477 e. The number of benzene rings is 1. The highest BCUT2D eigenvalue weighted by Crippen LogP contribution is 2.27. The first-order valence-corrected chi connectivity index (χ1v) is 5.39. The van der Waals surface area contributed by atoms with Crippen LogP contribution in [0, 0.1) is 21.7 Å². The van der Waals surface area contributed by atoms with Crippen molar-refractivity contribution in [3.05, 3.63) is 57.8 Å². The van der Waals surface area contributed by atoms with Crippen LogP contribution in [-0.4, -0.2) is 21.0 Å². The minimum atomic E-state index is -1.51. The number of aromatic nitrogens is 1. The highest BCUT2D eigenvalue weighted by atomic mass is 19.2. The van der Waals surface area contributed by atoms with Gasteiger partial charge in [0.2, 0.25) is 5.88 Å². The van der Waals surface area contributed by atoms with E-state index in [1.165, 1.54) is 0 Å². The van der Waals surface area contributed by atoms with Crippen molar-refractivity contribution in [3.8, 4) is 11.6 Å². The standard InChI is InChI=1S/C12H6F2N2O5/c13-9-2-1-7(4-10(9)14)21-11-8(12(17)18)3-6(5-15-11)16(19)20/h1-5H,(H,17,18). The number of nitro groups is 1. The van der Waals surface area contributed by atoms with Crippen LogP contribution in [0.3, 0.4) is 0 Å². The summed E-state index contributed by atoms with van der Waals surface area (Å²) in [6.45, 7) is 0. The minimum absolute atomic E-state index is 0.197. The zero-order valence-corrected chi connectivity index (χ0v) is 10.1. The molecule has 21 heavy (non-hydrogen) atoms. The Kier molecular flexibility index (Phi) is 3.74. The Labute approximate surface area is 115 Å². The molecule has 0 fully saturated rings. The van der Waals surface area contributed by atoms with Gasteiger partial charge in [-0.2, -0.15) is 0 Å². The molecular weight excluding hydrogens is 290 g/mol. The predicted molar refractivity (Wildman–Crippen MR) is 64.3 cm³/mol. The van der Waals surface area contributed by atoms with Crippen molar-refractivity contribution in [2.75, 3.05) is 0 Å². The maximum Gasteiger partial charge on any atom is 0.341 e. The summed E-state index contributed by atoms with van der Waals surface area (Å²) in [5, 5.41) is 19.5. The lowest BCUT2D eigenvalue weighted by molar-refractivity contribution is -0.385. The molecule has 0 amide bonds. The lowest BCUT2D eigenvalue weighted by atomic mass is 10.2. The summed E-state index contributed by atoms with van der Waals surface area (Å²) >= 11 is 0. The van der Waals surface area contributed by atoms with E-state index in [1.54, 1.807) is 0 Å². The Morgan fingerprint density at radius 2 is 2.00 bits per heavy atom. The number of carboxylic acid groups (broad SMARTS) is 1. The number of aromatic carboxylic acids is 1. The summed E-state index contributed by atoms with van der Waals surface area (Å²) in [4.78, 5) is 24.3. The summed E-state index contributed by atoms with van der Waals surface area (Å²) in [7, 11) is 0. The van der Waals surface area contributed by atoms with Crippen LogP contribution in [0.2, 0.25) is 0 Å². The normalized spacial score (nSPS) is 10.2. The van der Waals surface area contributed by atoms with Gasteiger partial charge in [-0.1, -0.05) is 0 Å². The molecule has 0 atom stereocenters. The lowest BCUT2D eigenvalue weighted by Gasteiger charge is -2.07. The van der Waals surface area contributed by atoms with E-state index >= 15 is 0 Å². The van der Waals surface area contributed by atoms with Gasteiger partial charge in [-0.3, -0.25) is 10.1 Å². The highest BCUT2D eigenvalue weighted by molar-refractivity contribution is 5.91. The van der Waals surface area contributed by atoms with Crippen LogP contribution in [0.4, 0.5) is 14.5 Å². The molecule has 0 aliphatic carbocycles. The molecule has 108 valence electrons. The fourth-order valence-corrected chi connectivity index (χ4v) is 1.43. The van der Waals surface area contributed by atoms with Gasteiger partial charge in [0.15, 0.2) is 11.6 Å². The molecule has 1 aromatic carbocycles. The smallest absolute Gasteiger partial charge is 0.341 e. The lowest BCUT2D eigenvalue weighted by Crippen LogP contribution is -2.04. The van der Waals surface area contributed by atoms with E-state index in [0.29, 0.717) is 6.07 Å². The third-order valence-corrected chi connectivity index (χ3v) is 2.38. The summed E-state index contributed by atoms with van der Waals surface area (Å²) in [5.74, 6) is -4.47. The van der Waals surface area contributed by atoms with Gasteiger partial charge < -0.3 is 9.84 Å². The van der Waals surface area contributed by atoms with E-state index in [9.17, 15) is 23.7 Å². The molecule has 7 nitrogen and oxygen atoms in total. The van der Waals surface area contributed by atoms with Gasteiger partial charge in [0.1, 0.15) is 17.5 Å². The summed E-state index contributed by atoms with van der Waals surface area (Å²) in [5.41, 5.74) is -1.11. The molecule has 0 saturated carbocycles. The Bertz CT molecular complexity index is 736. The summed E-state index contributed by atoms with van der Waals surface area (Å²) in [6.07, 6.45) is 0.793. The zero-order valence-electron chi connectivity index (χ0n) is 10.1. The van der Waals surface area contributed by atoms with Crippen LogP contribution in [0.25, 0.3) is 0 Å². The third kappa shape index (κ3) is 3.08. The van der Waals surface area contributed by atoms with E-state index in [4.69, 9.17) is 9.84 Å². The summed E-state index contributed by atoms with van der Waals surface area (Å²) < 4.78 is 30.8. The van der Waals surface area contributed by atoms with E-state index in [1.807, 2.05) is 0 Å². The predicted octanol–water partition coefficient (Wildman–Crippen LogP) is 2.76. The van der Waals surface area contributed by atoms with Crippen molar-refractivity contribution in [1.29, 1.82) is 0 Å². The number of halogens is 2. The van der Waals surface area contributed by atoms with Gasteiger partial charge in [-0.15, -0.1) is 0 Å². The van der Waals surface area contributed by atoms with Crippen molar-refractivity contribution in [2.45, 2.75) is 0 Å².